The van der Waals surface area contributed by atoms with Crippen LogP contribution in [0.25, 0.3) is 0 Å². The van der Waals surface area contributed by atoms with Crippen molar-refractivity contribution >= 4 is 36.0 Å². The molecule has 0 heterocycles. The van der Waals surface area contributed by atoms with Crippen molar-refractivity contribution < 1.29 is 31.9 Å². The van der Waals surface area contributed by atoms with Crippen molar-refractivity contribution in [3.8, 4) is 0 Å². The molecule has 0 fully saturated rings. The molecule has 0 saturated heterocycles. The zero-order valence-electron chi connectivity index (χ0n) is 28.6. The molecule has 0 aromatic heterocycles. The molecule has 3 amide bonds. The minimum Gasteiger partial charge on any atom is -0.359 e. The number of benzene rings is 2. The molecule has 0 aliphatic carbocycles. The number of allylic oxidation sites excluding steroid dienone is 7. The van der Waals surface area contributed by atoms with Crippen molar-refractivity contribution in [1.29, 1.82) is 0 Å². The van der Waals surface area contributed by atoms with E-state index in [0.29, 0.717) is 24.2 Å². The zero-order valence-corrected chi connectivity index (χ0v) is 28.6. The van der Waals surface area contributed by atoms with E-state index in [9.17, 15) is 31.9 Å². The lowest BCUT2D eigenvalue weighted by Gasteiger charge is -2.37. The highest BCUT2D eigenvalue weighted by Crippen LogP contribution is 2.32. The molecule has 2 aromatic rings. The van der Waals surface area contributed by atoms with Crippen molar-refractivity contribution in [2.24, 2.45) is 15.9 Å². The fourth-order valence-electron chi connectivity index (χ4n) is 4.82. The smallest absolute Gasteiger partial charge is 0.359 e. The Balaban J connectivity index is 2.84. The Bertz CT molecular complexity index is 1630. The molecule has 2 unspecified atom stereocenters. The van der Waals surface area contributed by atoms with Crippen molar-refractivity contribution in [1.82, 2.24) is 10.2 Å². The second-order valence-electron chi connectivity index (χ2n) is 11.2. The lowest BCUT2D eigenvalue weighted by molar-refractivity contribution is -0.140. The maximum Gasteiger partial charge on any atom is 0.419 e. The molecule has 2 aromatic carbocycles. The first-order chi connectivity index (χ1) is 23.8. The molecule has 8 nitrogen and oxygen atoms in total. The third-order valence-corrected chi connectivity index (χ3v) is 7.09. The van der Waals surface area contributed by atoms with Crippen LogP contribution in [-0.4, -0.2) is 54.3 Å². The van der Waals surface area contributed by atoms with E-state index in [1.165, 1.54) is 22.9 Å². The monoisotopic (exact) mass is 693 g/mol. The fraction of sp³-hybridized carbons (Fsp3) is 0.289. The number of nitrogens with one attached hydrogen (secondary N) is 1. The van der Waals surface area contributed by atoms with Gasteiger partial charge in [0.25, 0.3) is 0 Å². The summed E-state index contributed by atoms with van der Waals surface area (Å²) >= 11 is 0. The van der Waals surface area contributed by atoms with Crippen LogP contribution in [-0.2, 0) is 27.0 Å². The Morgan fingerprint density at radius 3 is 2.38 bits per heavy atom. The van der Waals surface area contributed by atoms with Crippen LogP contribution >= 0.6 is 0 Å². The van der Waals surface area contributed by atoms with E-state index in [-0.39, 0.29) is 36.8 Å². The molecule has 0 radical (unpaired) electrons. The van der Waals surface area contributed by atoms with Crippen LogP contribution in [0.3, 0.4) is 0 Å². The highest BCUT2D eigenvalue weighted by Gasteiger charge is 2.36. The highest BCUT2D eigenvalue weighted by atomic mass is 19.4. The maximum atomic E-state index is 14.6. The topological polar surface area (TPSA) is 94.4 Å². The van der Waals surface area contributed by atoms with Crippen LogP contribution in [0.1, 0.15) is 45.2 Å². The molecular formula is C38H43F4N5O3. The number of aliphatic imine (C=N–C) groups is 2. The van der Waals surface area contributed by atoms with E-state index in [1.54, 1.807) is 61.8 Å². The molecule has 2 atom stereocenters. The summed E-state index contributed by atoms with van der Waals surface area (Å²) in [6.07, 6.45) is 10.4. The highest BCUT2D eigenvalue weighted by molar-refractivity contribution is 6.19. The van der Waals surface area contributed by atoms with Crippen LogP contribution in [0.2, 0.25) is 0 Å². The summed E-state index contributed by atoms with van der Waals surface area (Å²) in [6, 6.07) is 10.0. The number of carbonyl (C=O) groups excluding carboxylic acids is 3. The number of halogens is 4. The first-order valence-corrected chi connectivity index (χ1v) is 15.9. The lowest BCUT2D eigenvalue weighted by Crippen LogP contribution is -2.55. The summed E-state index contributed by atoms with van der Waals surface area (Å²) in [6.45, 7) is 10.5. The third kappa shape index (κ3) is 13.3. The van der Waals surface area contributed by atoms with Gasteiger partial charge in [0, 0.05) is 44.5 Å². The van der Waals surface area contributed by atoms with E-state index in [4.69, 9.17) is 4.99 Å². The molecule has 1 N–H and O–H groups in total. The number of rotatable bonds is 17. The van der Waals surface area contributed by atoms with E-state index in [2.05, 4.69) is 16.9 Å². The van der Waals surface area contributed by atoms with Gasteiger partial charge in [-0.05, 0) is 61.7 Å². The Morgan fingerprint density at radius 2 is 1.78 bits per heavy atom. The van der Waals surface area contributed by atoms with Gasteiger partial charge in [0.15, 0.2) is 0 Å². The molecule has 0 aliphatic rings. The van der Waals surface area contributed by atoms with Gasteiger partial charge in [0.1, 0.15) is 11.7 Å². The Morgan fingerprint density at radius 1 is 1.06 bits per heavy atom. The van der Waals surface area contributed by atoms with Gasteiger partial charge in [0.05, 0.1) is 23.7 Å². The molecule has 0 saturated carbocycles. The second kappa shape index (κ2) is 20.9. The average Bonchev–Trinajstić information content (AvgIpc) is 3.06. The SMILES string of the molecule is C=C/C=C\N=CC(C)CN(C(=O)Cc1ccc(C(F)(F)F)c(F)c1)C(CCNC=O)C(=N/C=C(C)/C=C\C=C/C)N(C(C)=O)c1ccccc1. The fourth-order valence-corrected chi connectivity index (χ4v) is 4.82. The van der Waals surface area contributed by atoms with E-state index >= 15 is 0 Å². The Labute approximate surface area is 291 Å². The van der Waals surface area contributed by atoms with Gasteiger partial charge in [-0.3, -0.25) is 24.3 Å². The van der Waals surface area contributed by atoms with Gasteiger partial charge >= 0.3 is 6.18 Å². The standard InChI is InChI=1S/C38H43F4N5O3/c1-6-8-11-14-28(3)25-45-37(47(30(5)49)32-15-12-10-13-16-32)35(19-21-44-27-48)46(26-29(4)24-43-20-9-7-2)36(50)23-31-17-18-33(34(39)22-31)38(40,41)42/h6-18,20,22,24-25,27,29,35H,2,19,21,23,26H2,1,3-5H3,(H,44,48)/b8-6-,14-11-,20-9-,28-25+,43-24?,45-37?. The maximum absolute atomic E-state index is 14.6. The van der Waals surface area contributed by atoms with Crippen LogP contribution in [0.4, 0.5) is 23.2 Å². The molecule has 266 valence electrons. The van der Waals surface area contributed by atoms with Crippen molar-refractivity contribution in [3.05, 3.63) is 126 Å². The van der Waals surface area contributed by atoms with Gasteiger partial charge in [-0.1, -0.05) is 68.1 Å². The van der Waals surface area contributed by atoms with Crippen molar-refractivity contribution in [2.75, 3.05) is 18.0 Å². The average molecular weight is 694 g/mol. The summed E-state index contributed by atoms with van der Waals surface area (Å²) in [5.41, 5.74) is -0.250. The predicted octanol–water partition coefficient (Wildman–Crippen LogP) is 7.61. The molecule has 50 heavy (non-hydrogen) atoms. The minimum absolute atomic E-state index is 0.0142. The van der Waals surface area contributed by atoms with Gasteiger partial charge < -0.3 is 10.2 Å². The van der Waals surface area contributed by atoms with Gasteiger partial charge in [-0.25, -0.2) is 9.38 Å². The second-order valence-corrected chi connectivity index (χ2v) is 11.2. The summed E-state index contributed by atoms with van der Waals surface area (Å²) in [5, 5.41) is 2.60. The number of nitrogens with zero attached hydrogens (tertiary/aromatic N) is 4. The molecule has 0 aliphatic heterocycles. The van der Waals surface area contributed by atoms with Crippen LogP contribution in [0.15, 0.2) is 120 Å². The molecular weight excluding hydrogens is 650 g/mol. The number of hydrogen-bond acceptors (Lipinski definition) is 5. The van der Waals surface area contributed by atoms with E-state index < -0.39 is 41.8 Å². The van der Waals surface area contributed by atoms with Crippen LogP contribution < -0.4 is 10.2 Å². The van der Waals surface area contributed by atoms with Crippen LogP contribution in [0, 0.1) is 11.7 Å². The zero-order chi connectivity index (χ0) is 37.1. The third-order valence-electron chi connectivity index (χ3n) is 7.09. The van der Waals surface area contributed by atoms with E-state index in [1.807, 2.05) is 38.2 Å². The molecule has 2 rings (SSSR count). The van der Waals surface area contributed by atoms with Crippen molar-refractivity contribution in [3.63, 3.8) is 0 Å². The van der Waals surface area contributed by atoms with Crippen molar-refractivity contribution in [2.45, 2.75) is 52.8 Å². The Hall–Kier alpha value is -5.39. The largest absolute Gasteiger partial charge is 0.419 e. The molecule has 0 spiro atoms. The summed E-state index contributed by atoms with van der Waals surface area (Å²) in [5.74, 6) is -2.74. The quantitative estimate of drug-likeness (QED) is 0.0462. The lowest BCUT2D eigenvalue weighted by atomic mass is 10.0. The normalized spacial score (nSPS) is 14.0. The number of amidine groups is 1. The number of amides is 3. The van der Waals surface area contributed by atoms with E-state index in [0.717, 1.165) is 11.6 Å². The summed E-state index contributed by atoms with van der Waals surface area (Å²) in [7, 11) is 0. The molecule has 12 heteroatoms. The predicted molar refractivity (Wildman–Crippen MR) is 191 cm³/mol. The first-order valence-electron chi connectivity index (χ1n) is 15.9. The van der Waals surface area contributed by atoms with Gasteiger partial charge in [-0.2, -0.15) is 13.2 Å². The molecule has 0 bridgehead atoms. The number of carbonyl (C=O) groups is 3. The first kappa shape index (κ1) is 40.8. The summed E-state index contributed by atoms with van der Waals surface area (Å²) < 4.78 is 54.4. The summed E-state index contributed by atoms with van der Waals surface area (Å²) in [4.78, 5) is 50.8. The minimum atomic E-state index is -4.91. The van der Waals surface area contributed by atoms with Crippen LogP contribution in [0.5, 0.6) is 0 Å². The number of para-hydroxylation sites is 1. The number of hydrogen-bond donors (Lipinski definition) is 1. The van der Waals surface area contributed by atoms with Gasteiger partial charge in [-0.15, -0.1) is 0 Å². The number of anilines is 1. The Kier molecular flexibility index (Phi) is 17.0. The van der Waals surface area contributed by atoms with Gasteiger partial charge in [0.2, 0.25) is 18.2 Å². The number of alkyl halides is 3.